The first-order valence-electron chi connectivity index (χ1n) is 9.02. The van der Waals surface area contributed by atoms with E-state index in [1.165, 1.54) is 6.07 Å². The number of carbonyl (C=O) groups is 1. The third-order valence-electron chi connectivity index (χ3n) is 4.28. The molecule has 0 N–H and O–H groups in total. The van der Waals surface area contributed by atoms with Gasteiger partial charge in [0.1, 0.15) is 28.0 Å². The summed E-state index contributed by atoms with van der Waals surface area (Å²) in [4.78, 5) is 20.9. The minimum atomic E-state index is -0.595. The van der Waals surface area contributed by atoms with Gasteiger partial charge in [-0.15, -0.1) is 0 Å². The quantitative estimate of drug-likeness (QED) is 0.506. The number of carbonyl (C=O) groups excluding carboxylic acids is 1. The van der Waals surface area contributed by atoms with Crippen molar-refractivity contribution in [2.75, 3.05) is 11.4 Å². The molecule has 2 heterocycles. The SMILES string of the molecule is CC(C)(C)OC(=O)N1CCC[C@H]1N(c1ccc(F)c(Cl)c1)c1cccc(Br)n1. The average molecular weight is 471 g/mol. The van der Waals surface area contributed by atoms with Crippen molar-refractivity contribution in [1.82, 2.24) is 9.88 Å². The van der Waals surface area contributed by atoms with Crippen LogP contribution in [0.1, 0.15) is 33.6 Å². The fourth-order valence-corrected chi connectivity index (χ4v) is 3.68. The number of benzene rings is 1. The third kappa shape index (κ3) is 4.75. The van der Waals surface area contributed by atoms with Gasteiger partial charge in [0.2, 0.25) is 0 Å². The summed E-state index contributed by atoms with van der Waals surface area (Å²) in [6, 6.07) is 10.0. The van der Waals surface area contributed by atoms with Crippen LogP contribution < -0.4 is 4.90 Å². The molecule has 150 valence electrons. The number of anilines is 2. The van der Waals surface area contributed by atoms with Crippen LogP contribution in [0.2, 0.25) is 5.02 Å². The number of ether oxygens (including phenoxy) is 1. The van der Waals surface area contributed by atoms with Crippen molar-refractivity contribution in [3.63, 3.8) is 0 Å². The Bertz CT molecular complexity index is 875. The van der Waals surface area contributed by atoms with Gasteiger partial charge in [0.05, 0.1) is 5.02 Å². The van der Waals surface area contributed by atoms with Crippen molar-refractivity contribution in [2.45, 2.75) is 45.4 Å². The molecule has 0 radical (unpaired) electrons. The molecule has 8 heteroatoms. The lowest BCUT2D eigenvalue weighted by atomic mass is 10.2. The predicted octanol–water partition coefficient (Wildman–Crippen LogP) is 6.13. The van der Waals surface area contributed by atoms with Crippen molar-refractivity contribution < 1.29 is 13.9 Å². The zero-order valence-electron chi connectivity index (χ0n) is 16.0. The molecular formula is C20H22BrClFN3O2. The first kappa shape index (κ1) is 20.9. The Balaban J connectivity index is 2.03. The number of amides is 1. The summed E-state index contributed by atoms with van der Waals surface area (Å²) in [6.07, 6.45) is 0.840. The van der Waals surface area contributed by atoms with E-state index in [1.807, 2.05) is 43.9 Å². The number of nitrogens with zero attached hydrogens (tertiary/aromatic N) is 3. The van der Waals surface area contributed by atoms with E-state index in [4.69, 9.17) is 16.3 Å². The summed E-state index contributed by atoms with van der Waals surface area (Å²) >= 11 is 9.43. The fourth-order valence-electron chi connectivity index (χ4n) is 3.17. The molecule has 0 spiro atoms. The van der Waals surface area contributed by atoms with Gasteiger partial charge >= 0.3 is 6.09 Å². The monoisotopic (exact) mass is 469 g/mol. The molecule has 0 saturated carbocycles. The Morgan fingerprint density at radius 3 is 2.75 bits per heavy atom. The molecule has 1 atom stereocenters. The van der Waals surface area contributed by atoms with Crippen LogP contribution in [-0.4, -0.2) is 34.3 Å². The number of halogens is 3. The number of aromatic nitrogens is 1. The smallest absolute Gasteiger partial charge is 0.411 e. The second-order valence-corrected chi connectivity index (χ2v) is 8.80. The van der Waals surface area contributed by atoms with Crippen molar-refractivity contribution in [3.05, 3.63) is 51.8 Å². The van der Waals surface area contributed by atoms with Gasteiger partial charge in [-0.2, -0.15) is 0 Å². The van der Waals surface area contributed by atoms with E-state index in [0.717, 1.165) is 12.8 Å². The van der Waals surface area contributed by atoms with Gasteiger partial charge in [-0.05, 0) is 79.9 Å². The van der Waals surface area contributed by atoms with Crippen LogP contribution in [0.4, 0.5) is 20.7 Å². The normalized spacial score (nSPS) is 16.9. The lowest BCUT2D eigenvalue weighted by molar-refractivity contribution is 0.0230. The minimum absolute atomic E-state index is 0.0133. The molecule has 1 aliphatic rings. The van der Waals surface area contributed by atoms with Crippen LogP contribution in [-0.2, 0) is 4.74 Å². The molecule has 1 amide bonds. The number of hydrogen-bond donors (Lipinski definition) is 0. The summed E-state index contributed by atoms with van der Waals surface area (Å²) in [5.74, 6) is 0.125. The molecule has 1 fully saturated rings. The number of hydrogen-bond acceptors (Lipinski definition) is 4. The molecule has 2 aromatic rings. The van der Waals surface area contributed by atoms with Crippen LogP contribution in [0.25, 0.3) is 0 Å². The molecule has 5 nitrogen and oxygen atoms in total. The highest BCUT2D eigenvalue weighted by Crippen LogP contribution is 2.35. The summed E-state index contributed by atoms with van der Waals surface area (Å²) < 4.78 is 20.0. The second-order valence-electron chi connectivity index (χ2n) is 7.58. The van der Waals surface area contributed by atoms with Gasteiger partial charge in [-0.3, -0.25) is 4.90 Å². The second kappa shape index (κ2) is 8.25. The summed E-state index contributed by atoms with van der Waals surface area (Å²) in [5, 5.41) is 0.0133. The standard InChI is InChI=1S/C20H22BrClFN3O2/c1-20(2,3)28-19(27)25-11-5-8-18(25)26(17-7-4-6-16(21)24-17)13-9-10-15(23)14(22)12-13/h4,6-7,9-10,12,18H,5,8,11H2,1-3H3/t18-/m1/s1. The van der Waals surface area contributed by atoms with Crippen molar-refractivity contribution >= 4 is 45.1 Å². The summed E-state index contributed by atoms with van der Waals surface area (Å²) in [7, 11) is 0. The topological polar surface area (TPSA) is 45.7 Å². The molecule has 1 aromatic heterocycles. The zero-order valence-corrected chi connectivity index (χ0v) is 18.3. The van der Waals surface area contributed by atoms with Crippen LogP contribution in [0.5, 0.6) is 0 Å². The van der Waals surface area contributed by atoms with Gasteiger partial charge in [0.15, 0.2) is 0 Å². The Hall–Kier alpha value is -1.86. The predicted molar refractivity (Wildman–Crippen MR) is 111 cm³/mol. The van der Waals surface area contributed by atoms with E-state index in [0.29, 0.717) is 22.7 Å². The third-order valence-corrected chi connectivity index (χ3v) is 5.01. The maximum atomic E-state index is 13.7. The molecule has 1 aromatic carbocycles. The molecular weight excluding hydrogens is 449 g/mol. The largest absolute Gasteiger partial charge is 0.444 e. The molecule has 3 rings (SSSR count). The minimum Gasteiger partial charge on any atom is -0.444 e. The summed E-state index contributed by atoms with van der Waals surface area (Å²) in [6.45, 7) is 6.08. The van der Waals surface area contributed by atoms with Crippen LogP contribution >= 0.6 is 27.5 Å². The van der Waals surface area contributed by atoms with E-state index >= 15 is 0 Å². The Kier molecular flexibility index (Phi) is 6.15. The van der Waals surface area contributed by atoms with Crippen molar-refractivity contribution in [2.24, 2.45) is 0 Å². The molecule has 0 aliphatic carbocycles. The molecule has 1 aliphatic heterocycles. The molecule has 0 unspecified atom stereocenters. The molecule has 0 bridgehead atoms. The maximum Gasteiger partial charge on any atom is 0.411 e. The fraction of sp³-hybridized carbons (Fsp3) is 0.400. The maximum absolute atomic E-state index is 13.7. The van der Waals surface area contributed by atoms with Gasteiger partial charge < -0.3 is 9.64 Å². The number of pyridine rings is 1. The molecule has 28 heavy (non-hydrogen) atoms. The highest BCUT2D eigenvalue weighted by molar-refractivity contribution is 9.10. The first-order valence-corrected chi connectivity index (χ1v) is 10.2. The van der Waals surface area contributed by atoms with Crippen LogP contribution in [0.3, 0.4) is 0 Å². The zero-order chi connectivity index (χ0) is 20.5. The van der Waals surface area contributed by atoms with Gasteiger partial charge in [-0.1, -0.05) is 17.7 Å². The van der Waals surface area contributed by atoms with Gasteiger partial charge in [0, 0.05) is 12.2 Å². The highest BCUT2D eigenvalue weighted by Gasteiger charge is 2.37. The van der Waals surface area contributed by atoms with Gasteiger partial charge in [0.25, 0.3) is 0 Å². The Morgan fingerprint density at radius 2 is 2.11 bits per heavy atom. The number of likely N-dealkylation sites (tertiary alicyclic amines) is 1. The van der Waals surface area contributed by atoms with E-state index in [-0.39, 0.29) is 17.3 Å². The van der Waals surface area contributed by atoms with Gasteiger partial charge in [-0.25, -0.2) is 14.2 Å². The Labute approximate surface area is 177 Å². The van der Waals surface area contributed by atoms with E-state index in [1.54, 1.807) is 17.0 Å². The first-order chi connectivity index (χ1) is 13.2. The summed E-state index contributed by atoms with van der Waals surface area (Å²) in [5.41, 5.74) is 0.0554. The lowest BCUT2D eigenvalue weighted by Crippen LogP contribution is -2.47. The van der Waals surface area contributed by atoms with Crippen LogP contribution in [0.15, 0.2) is 41.0 Å². The number of rotatable bonds is 3. The average Bonchev–Trinajstić information content (AvgIpc) is 3.06. The molecule has 1 saturated heterocycles. The van der Waals surface area contributed by atoms with E-state index in [9.17, 15) is 9.18 Å². The Morgan fingerprint density at radius 1 is 1.36 bits per heavy atom. The van der Waals surface area contributed by atoms with E-state index < -0.39 is 11.4 Å². The van der Waals surface area contributed by atoms with Crippen LogP contribution in [0, 0.1) is 5.82 Å². The lowest BCUT2D eigenvalue weighted by Gasteiger charge is -2.36. The van der Waals surface area contributed by atoms with Crippen molar-refractivity contribution in [3.8, 4) is 0 Å². The highest BCUT2D eigenvalue weighted by atomic mass is 79.9. The van der Waals surface area contributed by atoms with E-state index in [2.05, 4.69) is 20.9 Å². The van der Waals surface area contributed by atoms with Crippen molar-refractivity contribution in [1.29, 1.82) is 0 Å².